The van der Waals surface area contributed by atoms with Crippen LogP contribution in [-0.2, 0) is 4.79 Å². The normalized spacial score (nSPS) is 17.2. The molecule has 1 aliphatic rings. The molecule has 0 aliphatic carbocycles. The average molecular weight is 142 g/mol. The number of hydrazone groups is 1. The number of nitrogens with two attached hydrogens (primary N) is 2. The number of hydrogen-bond acceptors (Lipinski definition) is 4. The van der Waals surface area contributed by atoms with E-state index in [0.29, 0.717) is 12.4 Å². The van der Waals surface area contributed by atoms with Gasteiger partial charge >= 0.3 is 0 Å². The summed E-state index contributed by atoms with van der Waals surface area (Å²) >= 11 is 0. The predicted octanol–water partition coefficient (Wildman–Crippen LogP) is -1.55. The van der Waals surface area contributed by atoms with Gasteiger partial charge in [0.25, 0.3) is 0 Å². The number of rotatable bonds is 2. The third kappa shape index (κ3) is 1.61. The first-order valence-corrected chi connectivity index (χ1v) is 3.04. The lowest BCUT2D eigenvalue weighted by molar-refractivity contribution is -0.119. The second-order valence-corrected chi connectivity index (χ2v) is 2.20. The Kier molecular flexibility index (Phi) is 1.75. The number of carbonyl (C=O) groups is 1. The van der Waals surface area contributed by atoms with Crippen molar-refractivity contribution < 1.29 is 4.79 Å². The van der Waals surface area contributed by atoms with Gasteiger partial charge in [-0.3, -0.25) is 9.80 Å². The van der Waals surface area contributed by atoms with Gasteiger partial charge in [0, 0.05) is 13.0 Å². The second-order valence-electron chi connectivity index (χ2n) is 2.20. The van der Waals surface area contributed by atoms with E-state index in [0.717, 1.165) is 6.42 Å². The molecular formula is C5H10N4O. The van der Waals surface area contributed by atoms with Gasteiger partial charge in [-0.15, -0.1) is 0 Å². The Morgan fingerprint density at radius 2 is 2.50 bits per heavy atom. The van der Waals surface area contributed by atoms with Crippen molar-refractivity contribution in [3.05, 3.63) is 0 Å². The minimum Gasteiger partial charge on any atom is -0.386 e. The third-order valence-electron chi connectivity index (χ3n) is 1.23. The number of carbonyl (C=O) groups excluding carboxylic acids is 1. The maximum absolute atomic E-state index is 10.3. The molecule has 0 aromatic rings. The molecule has 0 unspecified atom stereocenters. The van der Waals surface area contributed by atoms with Gasteiger partial charge < -0.3 is 11.5 Å². The quantitative estimate of drug-likeness (QED) is 0.489. The molecule has 0 spiro atoms. The highest BCUT2D eigenvalue weighted by molar-refractivity contribution is 5.82. The summed E-state index contributed by atoms with van der Waals surface area (Å²) in [5.74, 6) is 0.194. The summed E-state index contributed by atoms with van der Waals surface area (Å²) in [6, 6.07) is 0. The zero-order valence-electron chi connectivity index (χ0n) is 5.58. The molecule has 0 aromatic heterocycles. The molecular weight excluding hydrogens is 132 g/mol. The molecule has 0 radical (unpaired) electrons. The van der Waals surface area contributed by atoms with Crippen LogP contribution in [0.3, 0.4) is 0 Å². The lowest BCUT2D eigenvalue weighted by Gasteiger charge is -2.08. The molecule has 4 N–H and O–H groups in total. The highest BCUT2D eigenvalue weighted by Crippen LogP contribution is 2.00. The maximum Gasteiger partial charge on any atom is 0.238 e. The van der Waals surface area contributed by atoms with Crippen LogP contribution in [-0.4, -0.2) is 29.8 Å². The summed E-state index contributed by atoms with van der Waals surface area (Å²) in [4.78, 5) is 10.3. The zero-order valence-corrected chi connectivity index (χ0v) is 5.58. The Morgan fingerprint density at radius 3 is 2.90 bits per heavy atom. The Bertz CT molecular complexity index is 176. The summed E-state index contributed by atoms with van der Waals surface area (Å²) in [6.07, 6.45) is 0.729. The second kappa shape index (κ2) is 2.55. The van der Waals surface area contributed by atoms with Crippen molar-refractivity contribution >= 4 is 11.7 Å². The number of hydrogen-bond donors (Lipinski definition) is 2. The fourth-order valence-corrected chi connectivity index (χ4v) is 0.820. The van der Waals surface area contributed by atoms with Crippen LogP contribution in [0.5, 0.6) is 0 Å². The van der Waals surface area contributed by atoms with Crippen LogP contribution in [0.2, 0.25) is 0 Å². The van der Waals surface area contributed by atoms with Crippen LogP contribution in [0.4, 0.5) is 0 Å². The van der Waals surface area contributed by atoms with Gasteiger partial charge in [-0.1, -0.05) is 0 Å². The topological polar surface area (TPSA) is 84.7 Å². The summed E-state index contributed by atoms with van der Waals surface area (Å²) < 4.78 is 0. The van der Waals surface area contributed by atoms with Gasteiger partial charge in [0.2, 0.25) is 5.91 Å². The van der Waals surface area contributed by atoms with Crippen molar-refractivity contribution in [2.45, 2.75) is 6.42 Å². The van der Waals surface area contributed by atoms with E-state index < -0.39 is 0 Å². The fraction of sp³-hybridized carbons (Fsp3) is 0.600. The zero-order chi connectivity index (χ0) is 7.56. The number of amidine groups is 1. The molecule has 10 heavy (non-hydrogen) atoms. The Morgan fingerprint density at radius 1 is 1.80 bits per heavy atom. The van der Waals surface area contributed by atoms with E-state index in [9.17, 15) is 4.79 Å². The van der Waals surface area contributed by atoms with Crippen LogP contribution in [0.15, 0.2) is 5.10 Å². The molecule has 0 saturated carbocycles. The first kappa shape index (κ1) is 6.85. The maximum atomic E-state index is 10.3. The molecule has 1 rings (SSSR count). The lowest BCUT2D eigenvalue weighted by Crippen LogP contribution is -2.28. The first-order chi connectivity index (χ1) is 4.68. The highest BCUT2D eigenvalue weighted by Gasteiger charge is 2.12. The van der Waals surface area contributed by atoms with E-state index in [1.54, 1.807) is 5.01 Å². The van der Waals surface area contributed by atoms with E-state index in [2.05, 4.69) is 5.10 Å². The van der Waals surface area contributed by atoms with E-state index >= 15 is 0 Å². The van der Waals surface area contributed by atoms with Gasteiger partial charge in [-0.05, 0) is 0 Å². The molecule has 0 saturated heterocycles. The summed E-state index contributed by atoms with van der Waals surface area (Å²) in [5, 5.41) is 5.42. The molecule has 56 valence electrons. The molecule has 1 heterocycles. The average Bonchev–Trinajstić information content (AvgIpc) is 2.13. The molecule has 5 nitrogen and oxygen atoms in total. The van der Waals surface area contributed by atoms with E-state index in [1.165, 1.54) is 0 Å². The van der Waals surface area contributed by atoms with E-state index in [-0.39, 0.29) is 12.5 Å². The minimum atomic E-state index is -0.376. The third-order valence-corrected chi connectivity index (χ3v) is 1.23. The summed E-state index contributed by atoms with van der Waals surface area (Å²) in [6.45, 7) is 0.871. The van der Waals surface area contributed by atoms with Crippen LogP contribution < -0.4 is 11.5 Å². The monoisotopic (exact) mass is 142 g/mol. The van der Waals surface area contributed by atoms with Crippen molar-refractivity contribution in [3.63, 3.8) is 0 Å². The van der Waals surface area contributed by atoms with Gasteiger partial charge in [0.15, 0.2) is 0 Å². The van der Waals surface area contributed by atoms with Gasteiger partial charge in [0.05, 0.1) is 0 Å². The smallest absolute Gasteiger partial charge is 0.238 e. The molecule has 5 heteroatoms. The van der Waals surface area contributed by atoms with Crippen molar-refractivity contribution in [1.29, 1.82) is 0 Å². The largest absolute Gasteiger partial charge is 0.386 e. The highest BCUT2D eigenvalue weighted by atomic mass is 16.1. The van der Waals surface area contributed by atoms with Crippen LogP contribution in [0.25, 0.3) is 0 Å². The summed E-state index contributed by atoms with van der Waals surface area (Å²) in [7, 11) is 0. The van der Waals surface area contributed by atoms with E-state index in [4.69, 9.17) is 11.5 Å². The van der Waals surface area contributed by atoms with Gasteiger partial charge in [0.1, 0.15) is 12.4 Å². The Hall–Kier alpha value is -1.26. The van der Waals surface area contributed by atoms with Crippen molar-refractivity contribution in [2.75, 3.05) is 13.1 Å². The van der Waals surface area contributed by atoms with Gasteiger partial charge in [-0.2, -0.15) is 5.10 Å². The Balaban J connectivity index is 2.38. The van der Waals surface area contributed by atoms with Crippen LogP contribution >= 0.6 is 0 Å². The standard InChI is InChI=1S/C5H10N4O/c6-4-1-2-9(8-4)3-5(7)10/h1-3H2,(H2,6,8)(H2,7,10). The number of primary amides is 1. The minimum absolute atomic E-state index is 0.167. The van der Waals surface area contributed by atoms with Crippen molar-refractivity contribution in [3.8, 4) is 0 Å². The summed E-state index contributed by atoms with van der Waals surface area (Å²) in [5.41, 5.74) is 10.3. The molecule has 1 aliphatic heterocycles. The number of amides is 1. The molecule has 0 atom stereocenters. The predicted molar refractivity (Wildman–Crippen MR) is 37.0 cm³/mol. The molecule has 0 aromatic carbocycles. The first-order valence-electron chi connectivity index (χ1n) is 3.04. The van der Waals surface area contributed by atoms with Crippen LogP contribution in [0, 0.1) is 0 Å². The lowest BCUT2D eigenvalue weighted by atomic mass is 10.4. The van der Waals surface area contributed by atoms with Crippen molar-refractivity contribution in [1.82, 2.24) is 5.01 Å². The molecule has 1 amide bonds. The van der Waals surface area contributed by atoms with E-state index in [1.807, 2.05) is 0 Å². The molecule has 0 fully saturated rings. The SMILES string of the molecule is NC(=O)CN1CCC(N)=N1. The van der Waals surface area contributed by atoms with Crippen molar-refractivity contribution in [2.24, 2.45) is 16.6 Å². The molecule has 0 bridgehead atoms. The van der Waals surface area contributed by atoms with Gasteiger partial charge in [-0.25, -0.2) is 0 Å². The van der Waals surface area contributed by atoms with Crippen LogP contribution in [0.1, 0.15) is 6.42 Å². The fourth-order valence-electron chi connectivity index (χ4n) is 0.820. The Labute approximate surface area is 58.7 Å². The number of nitrogens with zero attached hydrogens (tertiary/aromatic N) is 2.